The molecule has 0 aliphatic carbocycles. The fourth-order valence-corrected chi connectivity index (χ4v) is 3.01. The highest BCUT2D eigenvalue weighted by Crippen LogP contribution is 2.27. The van der Waals surface area contributed by atoms with E-state index in [9.17, 15) is 4.79 Å². The molecular weight excluding hydrogens is 364 g/mol. The van der Waals surface area contributed by atoms with E-state index in [0.29, 0.717) is 10.7 Å². The summed E-state index contributed by atoms with van der Waals surface area (Å²) in [6.45, 7) is 0. The molecule has 1 aromatic heterocycles. The molecule has 0 saturated heterocycles. The monoisotopic (exact) mass is 374 g/mol. The molecular formula is C17H12BrClN2O. The Hall–Kier alpha value is -1.91. The topological polar surface area (TPSA) is 42.0 Å². The predicted octanol–water partition coefficient (Wildman–Crippen LogP) is 4.83. The summed E-state index contributed by atoms with van der Waals surface area (Å²) in [6.07, 6.45) is 1.96. The van der Waals surface area contributed by atoms with Gasteiger partial charge in [0.25, 0.3) is 0 Å². The minimum Gasteiger partial charge on any atom is -0.326 e. The number of hydrogen-bond acceptors (Lipinski definition) is 2. The van der Waals surface area contributed by atoms with Gasteiger partial charge in [-0.25, -0.2) is 0 Å². The Morgan fingerprint density at radius 3 is 2.82 bits per heavy atom. The lowest BCUT2D eigenvalue weighted by molar-refractivity contribution is -0.115. The maximum absolute atomic E-state index is 12.2. The first-order valence-electron chi connectivity index (χ1n) is 6.71. The Labute approximate surface area is 141 Å². The highest BCUT2D eigenvalue weighted by atomic mass is 79.9. The molecule has 0 spiro atoms. The lowest BCUT2D eigenvalue weighted by atomic mass is 10.1. The van der Waals surface area contributed by atoms with E-state index in [1.165, 1.54) is 0 Å². The molecule has 0 aliphatic rings. The Morgan fingerprint density at radius 2 is 2.00 bits per heavy atom. The minimum absolute atomic E-state index is 0.115. The van der Waals surface area contributed by atoms with E-state index < -0.39 is 0 Å². The van der Waals surface area contributed by atoms with Crippen LogP contribution in [0.2, 0.25) is 5.02 Å². The molecule has 3 rings (SSSR count). The molecule has 0 unspecified atom stereocenters. The molecule has 5 heteroatoms. The van der Waals surface area contributed by atoms with Crippen molar-refractivity contribution in [1.82, 2.24) is 4.98 Å². The molecule has 0 saturated carbocycles. The normalized spacial score (nSPS) is 10.6. The van der Waals surface area contributed by atoms with Crippen LogP contribution in [0, 0.1) is 0 Å². The van der Waals surface area contributed by atoms with Crippen molar-refractivity contribution in [2.75, 3.05) is 5.32 Å². The van der Waals surface area contributed by atoms with Gasteiger partial charge in [0.1, 0.15) is 0 Å². The number of pyridine rings is 1. The van der Waals surface area contributed by atoms with E-state index in [-0.39, 0.29) is 12.3 Å². The second-order valence-electron chi connectivity index (χ2n) is 4.84. The largest absolute Gasteiger partial charge is 0.326 e. The van der Waals surface area contributed by atoms with Crippen molar-refractivity contribution in [2.24, 2.45) is 0 Å². The van der Waals surface area contributed by atoms with Crippen molar-refractivity contribution in [2.45, 2.75) is 6.42 Å². The summed E-state index contributed by atoms with van der Waals surface area (Å²) < 4.78 is 0.895. The zero-order chi connectivity index (χ0) is 15.5. The van der Waals surface area contributed by atoms with Crippen LogP contribution in [0.3, 0.4) is 0 Å². The number of nitrogens with one attached hydrogen (secondary N) is 1. The Bertz CT molecular complexity index is 851. The van der Waals surface area contributed by atoms with E-state index in [0.717, 1.165) is 20.9 Å². The van der Waals surface area contributed by atoms with Crippen molar-refractivity contribution >= 4 is 50.0 Å². The van der Waals surface area contributed by atoms with Crippen molar-refractivity contribution in [3.63, 3.8) is 0 Å². The fraction of sp³-hybridized carbons (Fsp3) is 0.0588. The van der Waals surface area contributed by atoms with E-state index in [1.54, 1.807) is 12.3 Å². The molecule has 2 aromatic carbocycles. The van der Waals surface area contributed by atoms with Crippen LogP contribution in [-0.2, 0) is 11.2 Å². The van der Waals surface area contributed by atoms with E-state index in [4.69, 9.17) is 11.6 Å². The van der Waals surface area contributed by atoms with Crippen LogP contribution in [0.15, 0.2) is 59.2 Å². The second kappa shape index (κ2) is 6.46. The number of benzene rings is 2. The SMILES string of the molecule is O=C(Cc1ccccc1Cl)Nc1cc(Br)c2cccnc2c1. The van der Waals surface area contributed by atoms with Gasteiger partial charge in [-0.15, -0.1) is 0 Å². The summed E-state index contributed by atoms with van der Waals surface area (Å²) in [6, 6.07) is 14.9. The standard InChI is InChI=1S/C17H12BrClN2O/c18-14-9-12(10-16-13(14)5-3-7-20-16)21-17(22)8-11-4-1-2-6-15(11)19/h1-7,9-10H,8H2,(H,21,22). The first kappa shape index (κ1) is 15.0. The number of hydrogen-bond donors (Lipinski definition) is 1. The van der Waals surface area contributed by atoms with Crippen LogP contribution in [0.5, 0.6) is 0 Å². The van der Waals surface area contributed by atoms with Crippen LogP contribution in [0.25, 0.3) is 10.9 Å². The smallest absolute Gasteiger partial charge is 0.228 e. The molecule has 3 aromatic rings. The van der Waals surface area contributed by atoms with Crippen LogP contribution in [0.1, 0.15) is 5.56 Å². The number of fused-ring (bicyclic) bond motifs is 1. The molecule has 22 heavy (non-hydrogen) atoms. The lowest BCUT2D eigenvalue weighted by Crippen LogP contribution is -2.14. The summed E-state index contributed by atoms with van der Waals surface area (Å²) in [5, 5.41) is 4.49. The van der Waals surface area contributed by atoms with Gasteiger partial charge in [-0.2, -0.15) is 0 Å². The maximum Gasteiger partial charge on any atom is 0.228 e. The number of carbonyl (C=O) groups excluding carboxylic acids is 1. The van der Waals surface area contributed by atoms with Gasteiger partial charge in [-0.3, -0.25) is 9.78 Å². The molecule has 3 nitrogen and oxygen atoms in total. The van der Waals surface area contributed by atoms with Crippen molar-refractivity contribution < 1.29 is 4.79 Å². The number of anilines is 1. The third kappa shape index (κ3) is 3.29. The molecule has 1 N–H and O–H groups in total. The van der Waals surface area contributed by atoms with Crippen molar-refractivity contribution in [1.29, 1.82) is 0 Å². The fourth-order valence-electron chi connectivity index (χ4n) is 2.23. The molecule has 110 valence electrons. The average molecular weight is 376 g/mol. The van der Waals surface area contributed by atoms with Crippen LogP contribution in [0.4, 0.5) is 5.69 Å². The van der Waals surface area contributed by atoms with Gasteiger partial charge in [0, 0.05) is 26.8 Å². The highest BCUT2D eigenvalue weighted by Gasteiger charge is 2.09. The Balaban J connectivity index is 1.81. The van der Waals surface area contributed by atoms with Gasteiger partial charge in [0.15, 0.2) is 0 Å². The Morgan fingerprint density at radius 1 is 1.18 bits per heavy atom. The maximum atomic E-state index is 12.2. The van der Waals surface area contributed by atoms with Gasteiger partial charge in [-0.1, -0.05) is 51.8 Å². The number of halogens is 2. The van der Waals surface area contributed by atoms with Gasteiger partial charge in [0.05, 0.1) is 11.9 Å². The predicted molar refractivity (Wildman–Crippen MR) is 93.2 cm³/mol. The third-order valence-electron chi connectivity index (χ3n) is 3.26. The molecule has 0 aliphatic heterocycles. The van der Waals surface area contributed by atoms with E-state index in [1.807, 2.05) is 42.5 Å². The van der Waals surface area contributed by atoms with Gasteiger partial charge in [-0.05, 0) is 29.8 Å². The Kier molecular flexibility index (Phi) is 4.41. The van der Waals surface area contributed by atoms with Crippen LogP contribution in [-0.4, -0.2) is 10.9 Å². The first-order chi connectivity index (χ1) is 10.6. The summed E-state index contributed by atoms with van der Waals surface area (Å²) in [5.74, 6) is -0.115. The molecule has 1 heterocycles. The minimum atomic E-state index is -0.115. The first-order valence-corrected chi connectivity index (χ1v) is 7.88. The average Bonchev–Trinajstić information content (AvgIpc) is 2.49. The quantitative estimate of drug-likeness (QED) is 0.712. The number of rotatable bonds is 3. The zero-order valence-electron chi connectivity index (χ0n) is 11.5. The molecule has 0 bridgehead atoms. The summed E-state index contributed by atoms with van der Waals surface area (Å²) in [4.78, 5) is 16.5. The van der Waals surface area contributed by atoms with Crippen molar-refractivity contribution in [3.8, 4) is 0 Å². The zero-order valence-corrected chi connectivity index (χ0v) is 13.9. The number of aromatic nitrogens is 1. The number of amides is 1. The summed E-state index contributed by atoms with van der Waals surface area (Å²) in [5.41, 5.74) is 2.33. The van der Waals surface area contributed by atoms with Crippen LogP contribution >= 0.6 is 27.5 Å². The molecule has 0 atom stereocenters. The third-order valence-corrected chi connectivity index (χ3v) is 4.29. The van der Waals surface area contributed by atoms with Gasteiger partial charge < -0.3 is 5.32 Å². The summed E-state index contributed by atoms with van der Waals surface area (Å²) in [7, 11) is 0. The highest BCUT2D eigenvalue weighted by molar-refractivity contribution is 9.10. The lowest BCUT2D eigenvalue weighted by Gasteiger charge is -2.08. The second-order valence-corrected chi connectivity index (χ2v) is 6.11. The molecule has 0 fully saturated rings. The van der Waals surface area contributed by atoms with Crippen LogP contribution < -0.4 is 5.32 Å². The van der Waals surface area contributed by atoms with Gasteiger partial charge in [0.2, 0.25) is 5.91 Å². The van der Waals surface area contributed by atoms with Gasteiger partial charge >= 0.3 is 0 Å². The van der Waals surface area contributed by atoms with E-state index in [2.05, 4.69) is 26.2 Å². The van der Waals surface area contributed by atoms with Crippen molar-refractivity contribution in [3.05, 3.63) is 69.8 Å². The molecule has 1 amide bonds. The van der Waals surface area contributed by atoms with E-state index >= 15 is 0 Å². The number of nitrogens with zero attached hydrogens (tertiary/aromatic N) is 1. The molecule has 0 radical (unpaired) electrons. The summed E-state index contributed by atoms with van der Waals surface area (Å²) >= 11 is 9.58. The number of carbonyl (C=O) groups is 1.